The fourth-order valence-corrected chi connectivity index (χ4v) is 3.59. The molecule has 0 unspecified atom stereocenters. The van der Waals surface area contributed by atoms with Gasteiger partial charge in [0, 0.05) is 18.0 Å². The van der Waals surface area contributed by atoms with E-state index < -0.39 is 43.8 Å². The highest BCUT2D eigenvalue weighted by Gasteiger charge is 2.38. The van der Waals surface area contributed by atoms with Gasteiger partial charge in [-0.3, -0.25) is 4.68 Å². The summed E-state index contributed by atoms with van der Waals surface area (Å²) < 4.78 is 83.8. The van der Waals surface area contributed by atoms with Crippen molar-refractivity contribution >= 4 is 21.7 Å². The molecule has 0 radical (unpaired) electrons. The van der Waals surface area contributed by atoms with Crippen molar-refractivity contribution in [2.45, 2.75) is 23.2 Å². The minimum absolute atomic E-state index is 0.00610. The zero-order valence-electron chi connectivity index (χ0n) is 16.5. The number of alkyl halides is 3. The Balaban J connectivity index is 1.67. The smallest absolute Gasteiger partial charge is 0.383 e. The Morgan fingerprint density at radius 2 is 2.00 bits per heavy atom. The molecule has 4 rings (SSSR count). The van der Waals surface area contributed by atoms with Gasteiger partial charge in [-0.2, -0.15) is 18.3 Å². The van der Waals surface area contributed by atoms with Gasteiger partial charge >= 0.3 is 6.18 Å². The number of sulfonamides is 1. The highest BCUT2D eigenvalue weighted by atomic mass is 32.2. The monoisotopic (exact) mass is 488 g/mol. The van der Waals surface area contributed by atoms with E-state index in [0.29, 0.717) is 12.3 Å². The van der Waals surface area contributed by atoms with Crippen LogP contribution in [0.15, 0.2) is 41.7 Å². The Labute approximate surface area is 184 Å². The van der Waals surface area contributed by atoms with Crippen LogP contribution in [0.2, 0.25) is 0 Å². The average Bonchev–Trinajstić information content (AvgIpc) is 3.15. The second kappa shape index (κ2) is 8.02. The van der Waals surface area contributed by atoms with E-state index in [-0.39, 0.29) is 37.0 Å². The summed E-state index contributed by atoms with van der Waals surface area (Å²) >= 11 is 0. The van der Waals surface area contributed by atoms with Gasteiger partial charge in [0.15, 0.2) is 0 Å². The van der Waals surface area contributed by atoms with E-state index in [1.165, 1.54) is 10.9 Å². The molecule has 2 aromatic heterocycles. The summed E-state index contributed by atoms with van der Waals surface area (Å²) in [5, 5.41) is 21.5. The zero-order valence-corrected chi connectivity index (χ0v) is 17.4. The van der Waals surface area contributed by atoms with Gasteiger partial charge in [0.05, 0.1) is 42.2 Å². The lowest BCUT2D eigenvalue weighted by Crippen LogP contribution is -2.52. The van der Waals surface area contributed by atoms with Crippen LogP contribution in [0.5, 0.6) is 0 Å². The van der Waals surface area contributed by atoms with Crippen molar-refractivity contribution in [3.8, 4) is 11.3 Å². The number of rotatable bonds is 6. The average molecular weight is 488 g/mol. The maximum Gasteiger partial charge on any atom is 0.419 e. The van der Waals surface area contributed by atoms with Crippen LogP contribution in [-0.4, -0.2) is 52.1 Å². The van der Waals surface area contributed by atoms with Crippen molar-refractivity contribution < 1.29 is 35.8 Å². The quantitative estimate of drug-likeness (QED) is 0.444. The Morgan fingerprint density at radius 3 is 2.58 bits per heavy atom. The molecular formula is C18H16F4N6O4S. The van der Waals surface area contributed by atoms with Gasteiger partial charge in [0.2, 0.25) is 16.0 Å². The Kier molecular flexibility index (Phi) is 5.60. The predicted octanol–water partition coefficient (Wildman–Crippen LogP) is 1.65. The van der Waals surface area contributed by atoms with E-state index in [0.717, 1.165) is 18.3 Å². The van der Waals surface area contributed by atoms with Gasteiger partial charge in [0.25, 0.3) is 0 Å². The van der Waals surface area contributed by atoms with Crippen LogP contribution < -0.4 is 10.5 Å². The number of anilines is 2. The van der Waals surface area contributed by atoms with Crippen LogP contribution in [-0.2, 0) is 27.5 Å². The number of nitrogens with one attached hydrogen (secondary N) is 1. The van der Waals surface area contributed by atoms with Crippen molar-refractivity contribution in [1.82, 2.24) is 19.7 Å². The van der Waals surface area contributed by atoms with Crippen LogP contribution in [0.3, 0.4) is 0 Å². The first-order valence-electron chi connectivity index (χ1n) is 9.21. The summed E-state index contributed by atoms with van der Waals surface area (Å²) in [5.74, 6) is -1.41. The van der Waals surface area contributed by atoms with Crippen molar-refractivity contribution in [1.29, 1.82) is 0 Å². The number of benzene rings is 1. The van der Waals surface area contributed by atoms with Crippen LogP contribution >= 0.6 is 0 Å². The first-order chi connectivity index (χ1) is 15.3. The molecule has 1 aromatic carbocycles. The third-order valence-corrected chi connectivity index (χ3v) is 5.63. The molecule has 3 heterocycles. The first-order valence-corrected chi connectivity index (χ1v) is 10.8. The molecule has 3 aromatic rings. The number of nitrogens with two attached hydrogens (primary N) is 1. The number of hydrogen-bond donors (Lipinski definition) is 3. The minimum atomic E-state index is -4.79. The summed E-state index contributed by atoms with van der Waals surface area (Å²) in [5.41, 5.74) is -3.12. The number of aromatic nitrogens is 4. The van der Waals surface area contributed by atoms with Crippen LogP contribution in [0, 0.1) is 5.82 Å². The summed E-state index contributed by atoms with van der Waals surface area (Å²) in [7, 11) is -4.15. The van der Waals surface area contributed by atoms with E-state index in [1.807, 2.05) is 0 Å². The Hall–Kier alpha value is -3.14. The van der Waals surface area contributed by atoms with Gasteiger partial charge < -0.3 is 15.2 Å². The normalized spacial score (nSPS) is 15.8. The predicted molar refractivity (Wildman–Crippen MR) is 105 cm³/mol. The number of hydrogen-bond acceptors (Lipinski definition) is 8. The second-order valence-electron chi connectivity index (χ2n) is 7.41. The van der Waals surface area contributed by atoms with Gasteiger partial charge in [0.1, 0.15) is 17.0 Å². The highest BCUT2D eigenvalue weighted by Crippen LogP contribution is 2.36. The molecule has 1 aliphatic heterocycles. The number of nitrogens with zero attached hydrogens (tertiary/aromatic N) is 4. The van der Waals surface area contributed by atoms with Crippen LogP contribution in [0.25, 0.3) is 11.3 Å². The molecule has 1 saturated heterocycles. The molecule has 4 N–H and O–H groups in total. The maximum atomic E-state index is 14.3. The number of aliphatic hydroxyl groups is 1. The molecule has 15 heteroatoms. The lowest BCUT2D eigenvalue weighted by molar-refractivity contribution is -0.186. The SMILES string of the molecule is NS(=O)(=O)c1ccc(Nc2ncc(C(F)(F)F)c(-c3cnn(CC4(O)COC4)c3)n2)c(F)c1. The van der Waals surface area contributed by atoms with Crippen molar-refractivity contribution in [2.24, 2.45) is 5.14 Å². The summed E-state index contributed by atoms with van der Waals surface area (Å²) in [6.07, 6.45) is -1.84. The highest BCUT2D eigenvalue weighted by molar-refractivity contribution is 7.89. The molecule has 176 valence electrons. The van der Waals surface area contributed by atoms with Crippen molar-refractivity contribution in [2.75, 3.05) is 18.5 Å². The largest absolute Gasteiger partial charge is 0.419 e. The van der Waals surface area contributed by atoms with E-state index in [4.69, 9.17) is 9.88 Å². The van der Waals surface area contributed by atoms with Crippen LogP contribution in [0.1, 0.15) is 5.56 Å². The molecule has 1 fully saturated rings. The van der Waals surface area contributed by atoms with E-state index in [2.05, 4.69) is 20.4 Å². The van der Waals surface area contributed by atoms with E-state index in [9.17, 15) is 31.1 Å². The van der Waals surface area contributed by atoms with Gasteiger partial charge in [-0.05, 0) is 18.2 Å². The third-order valence-electron chi connectivity index (χ3n) is 4.71. The first kappa shape index (κ1) is 23.0. The Bertz CT molecular complexity index is 1310. The topological polar surface area (TPSA) is 145 Å². The number of ether oxygens (including phenoxy) is 1. The minimum Gasteiger partial charge on any atom is -0.383 e. The molecular weight excluding hydrogens is 472 g/mol. The maximum absolute atomic E-state index is 14.3. The second-order valence-corrected chi connectivity index (χ2v) is 8.97. The van der Waals surface area contributed by atoms with Gasteiger partial charge in [-0.15, -0.1) is 0 Å². The number of halogens is 4. The molecule has 0 atom stereocenters. The van der Waals surface area contributed by atoms with Gasteiger partial charge in [-0.25, -0.2) is 27.9 Å². The molecule has 0 amide bonds. The zero-order chi connectivity index (χ0) is 24.0. The molecule has 1 aliphatic rings. The van der Waals surface area contributed by atoms with Crippen molar-refractivity contribution in [3.05, 3.63) is 48.2 Å². The summed E-state index contributed by atoms with van der Waals surface area (Å²) in [6.45, 7) is 0.160. The van der Waals surface area contributed by atoms with E-state index in [1.54, 1.807) is 0 Å². The van der Waals surface area contributed by atoms with E-state index >= 15 is 0 Å². The number of primary sulfonamides is 1. The molecule has 10 nitrogen and oxygen atoms in total. The Morgan fingerprint density at radius 1 is 1.27 bits per heavy atom. The van der Waals surface area contributed by atoms with Gasteiger partial charge in [-0.1, -0.05) is 0 Å². The lowest BCUT2D eigenvalue weighted by Gasteiger charge is -2.35. The molecule has 0 saturated carbocycles. The fraction of sp³-hybridized carbons (Fsp3) is 0.278. The van der Waals surface area contributed by atoms with Crippen molar-refractivity contribution in [3.63, 3.8) is 0 Å². The lowest BCUT2D eigenvalue weighted by atomic mass is 10.0. The molecule has 0 aliphatic carbocycles. The molecule has 33 heavy (non-hydrogen) atoms. The fourth-order valence-electron chi connectivity index (χ4n) is 3.07. The molecule has 0 bridgehead atoms. The molecule has 0 spiro atoms. The summed E-state index contributed by atoms with van der Waals surface area (Å²) in [6, 6.07) is 2.71. The third kappa shape index (κ3) is 4.95. The van der Waals surface area contributed by atoms with Crippen LogP contribution in [0.4, 0.5) is 29.2 Å². The standard InChI is InChI=1S/C18H16F4N6O4S/c19-13-3-11(33(23,30)31)1-2-14(13)26-16-24-5-12(18(20,21)22)15(27-16)10-4-25-28(6-10)7-17(29)8-32-9-17/h1-6,29H,7-9H2,(H2,23,30,31)(H,24,26,27). The summed E-state index contributed by atoms with van der Waals surface area (Å²) in [4.78, 5) is 6.98.